The Kier molecular flexibility index (Phi) is 5.80. The molecule has 6 nitrogen and oxygen atoms in total. The zero-order valence-electron chi connectivity index (χ0n) is 13.6. The van der Waals surface area contributed by atoms with E-state index in [0.717, 1.165) is 11.6 Å². The highest BCUT2D eigenvalue weighted by atomic mass is 35.5. The molecule has 134 valence electrons. The van der Waals surface area contributed by atoms with Gasteiger partial charge >= 0.3 is 0 Å². The zero-order chi connectivity index (χ0) is 18.4. The molecule has 3 rings (SSSR count). The van der Waals surface area contributed by atoms with Gasteiger partial charge in [0.25, 0.3) is 5.91 Å². The fourth-order valence-electron chi connectivity index (χ4n) is 2.17. The van der Waals surface area contributed by atoms with E-state index in [-0.39, 0.29) is 29.1 Å². The van der Waals surface area contributed by atoms with Gasteiger partial charge in [-0.25, -0.2) is 9.37 Å². The normalized spacial score (nSPS) is 10.5. The second-order valence-electron chi connectivity index (χ2n) is 5.36. The lowest BCUT2D eigenvalue weighted by Gasteiger charge is -2.05. The van der Waals surface area contributed by atoms with E-state index in [1.807, 2.05) is 12.1 Å². The number of halogens is 2. The Morgan fingerprint density at radius 1 is 1.35 bits per heavy atom. The van der Waals surface area contributed by atoms with Crippen LogP contribution in [0.1, 0.15) is 21.9 Å². The van der Waals surface area contributed by atoms with Crippen molar-refractivity contribution in [3.8, 4) is 5.75 Å². The number of hydrogen-bond donors (Lipinski definition) is 1. The first-order valence-corrected chi connectivity index (χ1v) is 8.19. The van der Waals surface area contributed by atoms with Crippen molar-refractivity contribution in [3.63, 3.8) is 0 Å². The number of aromatic nitrogens is 2. The predicted octanol–water partition coefficient (Wildman–Crippen LogP) is 3.41. The van der Waals surface area contributed by atoms with Crippen LogP contribution in [0.3, 0.4) is 0 Å². The molecule has 1 amide bonds. The highest BCUT2D eigenvalue weighted by Crippen LogP contribution is 2.25. The van der Waals surface area contributed by atoms with Gasteiger partial charge in [-0.15, -0.1) is 0 Å². The molecule has 0 fully saturated rings. The van der Waals surface area contributed by atoms with Gasteiger partial charge in [0, 0.05) is 18.9 Å². The average molecular weight is 376 g/mol. The molecule has 0 spiro atoms. The molecule has 0 atom stereocenters. The number of nitrogens with one attached hydrogen (secondary N) is 1. The van der Waals surface area contributed by atoms with Crippen LogP contribution in [-0.4, -0.2) is 22.4 Å². The zero-order valence-corrected chi connectivity index (χ0v) is 14.4. The third kappa shape index (κ3) is 4.80. The maximum Gasteiger partial charge on any atom is 0.273 e. The predicted molar refractivity (Wildman–Crippen MR) is 92.5 cm³/mol. The fourth-order valence-corrected chi connectivity index (χ4v) is 2.39. The maximum absolute atomic E-state index is 13.0. The quantitative estimate of drug-likeness (QED) is 0.684. The summed E-state index contributed by atoms with van der Waals surface area (Å²) >= 11 is 5.87. The largest absolute Gasteiger partial charge is 0.482 e. The van der Waals surface area contributed by atoms with Crippen molar-refractivity contribution in [2.45, 2.75) is 13.0 Å². The van der Waals surface area contributed by atoms with Gasteiger partial charge in [-0.2, -0.15) is 0 Å². The van der Waals surface area contributed by atoms with Gasteiger partial charge in [-0.3, -0.25) is 9.78 Å². The number of carbonyl (C=O) groups is 1. The van der Waals surface area contributed by atoms with Gasteiger partial charge in [-0.1, -0.05) is 17.7 Å². The van der Waals surface area contributed by atoms with E-state index in [2.05, 4.69) is 15.3 Å². The molecule has 8 heteroatoms. The van der Waals surface area contributed by atoms with Crippen molar-refractivity contribution in [1.82, 2.24) is 15.3 Å². The van der Waals surface area contributed by atoms with E-state index in [1.54, 1.807) is 12.4 Å². The Labute approximate surface area is 154 Å². The Morgan fingerprint density at radius 3 is 3.00 bits per heavy atom. The third-order valence-corrected chi connectivity index (χ3v) is 3.75. The number of benzene rings is 1. The van der Waals surface area contributed by atoms with E-state index < -0.39 is 5.82 Å². The van der Waals surface area contributed by atoms with Gasteiger partial charge in [0.15, 0.2) is 12.3 Å². The topological polar surface area (TPSA) is 77.2 Å². The van der Waals surface area contributed by atoms with E-state index in [0.29, 0.717) is 18.7 Å². The van der Waals surface area contributed by atoms with E-state index in [9.17, 15) is 9.18 Å². The highest BCUT2D eigenvalue weighted by molar-refractivity contribution is 6.32. The molecule has 1 N–H and O–H groups in total. The molecule has 0 aliphatic carbocycles. The SMILES string of the molecule is O=C(NCCc1cccnc1)c1coc(COc2ccc(F)cc2Cl)n1. The van der Waals surface area contributed by atoms with Crippen molar-refractivity contribution < 1.29 is 18.3 Å². The first-order valence-electron chi connectivity index (χ1n) is 7.81. The van der Waals surface area contributed by atoms with E-state index in [4.69, 9.17) is 20.8 Å². The van der Waals surface area contributed by atoms with Crippen LogP contribution in [0.15, 0.2) is 53.4 Å². The molecule has 0 aliphatic rings. The van der Waals surface area contributed by atoms with E-state index in [1.165, 1.54) is 18.4 Å². The number of ether oxygens (including phenoxy) is 1. The summed E-state index contributed by atoms with van der Waals surface area (Å²) in [5, 5.41) is 2.90. The van der Waals surface area contributed by atoms with Crippen LogP contribution >= 0.6 is 11.6 Å². The molecule has 0 radical (unpaired) electrons. The van der Waals surface area contributed by atoms with Gasteiger partial charge in [0.1, 0.15) is 17.8 Å². The third-order valence-electron chi connectivity index (χ3n) is 3.45. The summed E-state index contributed by atoms with van der Waals surface area (Å²) in [6.45, 7) is 0.419. The standard InChI is InChI=1S/C18H15ClFN3O3/c19-14-8-13(20)3-4-16(14)25-11-17-23-15(10-26-17)18(24)22-7-5-12-2-1-6-21-9-12/h1-4,6,8-10H,5,7,11H2,(H,22,24). The molecule has 2 heterocycles. The summed E-state index contributed by atoms with van der Waals surface area (Å²) in [4.78, 5) is 20.1. The van der Waals surface area contributed by atoms with Crippen LogP contribution in [0.5, 0.6) is 5.75 Å². The molecule has 3 aromatic rings. The molecule has 0 aliphatic heterocycles. The van der Waals surface area contributed by atoms with Crippen LogP contribution in [0.2, 0.25) is 5.02 Å². The van der Waals surface area contributed by atoms with Gasteiger partial charge < -0.3 is 14.5 Å². The Morgan fingerprint density at radius 2 is 2.23 bits per heavy atom. The van der Waals surface area contributed by atoms with Crippen molar-refractivity contribution in [2.24, 2.45) is 0 Å². The number of hydrogen-bond acceptors (Lipinski definition) is 5. The van der Waals surface area contributed by atoms with Gasteiger partial charge in [-0.05, 0) is 36.2 Å². The summed E-state index contributed by atoms with van der Waals surface area (Å²) in [5.41, 5.74) is 1.18. The summed E-state index contributed by atoms with van der Waals surface area (Å²) in [6, 6.07) is 7.57. The second kappa shape index (κ2) is 8.44. The molecular formula is C18H15ClFN3O3. The van der Waals surface area contributed by atoms with Crippen molar-refractivity contribution in [1.29, 1.82) is 0 Å². The minimum Gasteiger partial charge on any atom is -0.482 e. The number of rotatable bonds is 7. The first kappa shape index (κ1) is 17.9. The molecular weight excluding hydrogens is 361 g/mol. The van der Waals surface area contributed by atoms with E-state index >= 15 is 0 Å². The summed E-state index contributed by atoms with van der Waals surface area (Å²) in [5.74, 6) is -0.288. The van der Waals surface area contributed by atoms with Crippen LogP contribution in [0.4, 0.5) is 4.39 Å². The second-order valence-corrected chi connectivity index (χ2v) is 5.76. The Balaban J connectivity index is 1.49. The minimum atomic E-state index is -0.455. The molecule has 0 saturated heterocycles. The van der Waals surface area contributed by atoms with Crippen LogP contribution in [0, 0.1) is 5.82 Å². The average Bonchev–Trinajstić information content (AvgIpc) is 3.11. The highest BCUT2D eigenvalue weighted by Gasteiger charge is 2.13. The van der Waals surface area contributed by atoms with Crippen LogP contribution in [0.25, 0.3) is 0 Å². The lowest BCUT2D eigenvalue weighted by atomic mass is 10.2. The summed E-state index contributed by atoms with van der Waals surface area (Å²) in [6.07, 6.45) is 5.36. The number of amides is 1. The van der Waals surface area contributed by atoms with Crippen molar-refractivity contribution in [2.75, 3.05) is 6.54 Å². The lowest BCUT2D eigenvalue weighted by molar-refractivity contribution is 0.0949. The summed E-state index contributed by atoms with van der Waals surface area (Å²) < 4.78 is 23.6. The van der Waals surface area contributed by atoms with Gasteiger partial charge in [0.05, 0.1) is 5.02 Å². The van der Waals surface area contributed by atoms with Crippen LogP contribution < -0.4 is 10.1 Å². The fraction of sp³-hybridized carbons (Fsp3) is 0.167. The number of nitrogens with zero attached hydrogens (tertiary/aromatic N) is 2. The van der Waals surface area contributed by atoms with Gasteiger partial charge in [0.2, 0.25) is 5.89 Å². The molecule has 2 aromatic heterocycles. The first-order chi connectivity index (χ1) is 12.6. The number of pyridine rings is 1. The molecule has 26 heavy (non-hydrogen) atoms. The van der Waals surface area contributed by atoms with Crippen LogP contribution in [-0.2, 0) is 13.0 Å². The van der Waals surface area contributed by atoms with Crippen molar-refractivity contribution >= 4 is 17.5 Å². The molecule has 0 unspecified atom stereocenters. The smallest absolute Gasteiger partial charge is 0.273 e. The minimum absolute atomic E-state index is 0.0334. The Bertz CT molecular complexity index is 886. The molecule has 0 saturated carbocycles. The number of oxazole rings is 1. The lowest BCUT2D eigenvalue weighted by Crippen LogP contribution is -2.26. The number of carbonyl (C=O) groups excluding carboxylic acids is 1. The maximum atomic E-state index is 13.0. The summed E-state index contributed by atoms with van der Waals surface area (Å²) in [7, 11) is 0. The van der Waals surface area contributed by atoms with Crippen molar-refractivity contribution in [3.05, 3.63) is 77.0 Å². The Hall–Kier alpha value is -2.93. The molecule has 1 aromatic carbocycles. The molecule has 0 bridgehead atoms. The monoisotopic (exact) mass is 375 g/mol.